The quantitative estimate of drug-likeness (QED) is 0.716. The minimum absolute atomic E-state index is 0.0277. The molecule has 0 radical (unpaired) electrons. The molecule has 2 amide bonds. The number of hydrogen-bond donors (Lipinski definition) is 2. The van der Waals surface area contributed by atoms with Crippen molar-refractivity contribution in [3.05, 3.63) is 60.2 Å². The summed E-state index contributed by atoms with van der Waals surface area (Å²) in [6.07, 6.45) is 5.87. The fraction of sp³-hybridized carbons (Fsp3) is 0.440. The maximum atomic E-state index is 12.6. The van der Waals surface area contributed by atoms with Crippen molar-refractivity contribution in [1.29, 1.82) is 0 Å². The number of piperazine rings is 1. The van der Waals surface area contributed by atoms with Crippen molar-refractivity contribution in [2.75, 3.05) is 13.1 Å². The van der Waals surface area contributed by atoms with Crippen LogP contribution in [0.3, 0.4) is 0 Å². The molecule has 0 aromatic heterocycles. The Morgan fingerprint density at radius 2 is 1.81 bits per heavy atom. The average Bonchev–Trinajstić information content (AvgIpc) is 2.78. The number of carbonyl (C=O) groups excluding carboxylic acids is 2. The molecule has 2 fully saturated rings. The van der Waals surface area contributed by atoms with Gasteiger partial charge in [0.05, 0.1) is 12.5 Å². The van der Waals surface area contributed by atoms with Gasteiger partial charge < -0.3 is 15.4 Å². The highest BCUT2D eigenvalue weighted by atomic mass is 16.5. The number of nitrogens with zero attached hydrogens (tertiary/aromatic N) is 1. The number of ether oxygens (including phenoxy) is 1. The van der Waals surface area contributed by atoms with Crippen LogP contribution >= 0.6 is 0 Å². The summed E-state index contributed by atoms with van der Waals surface area (Å²) >= 11 is 0. The molecule has 2 N–H and O–H groups in total. The predicted molar refractivity (Wildman–Crippen MR) is 120 cm³/mol. The molecular formula is C25H31N3O3. The van der Waals surface area contributed by atoms with Gasteiger partial charge in [0.15, 0.2) is 0 Å². The molecule has 1 aliphatic carbocycles. The smallest absolute Gasteiger partial charge is 0.237 e. The van der Waals surface area contributed by atoms with E-state index in [4.69, 9.17) is 4.74 Å². The maximum absolute atomic E-state index is 12.6. The summed E-state index contributed by atoms with van der Waals surface area (Å²) < 4.78 is 5.94. The molecule has 1 saturated carbocycles. The van der Waals surface area contributed by atoms with Crippen LogP contribution in [0.5, 0.6) is 11.5 Å². The van der Waals surface area contributed by atoms with Crippen molar-refractivity contribution in [3.8, 4) is 11.5 Å². The SMILES string of the molecule is O=C(CC1C(=O)NCCN1Cc1cccc(Oc2ccccc2)c1)NC1CCCCC1. The van der Waals surface area contributed by atoms with E-state index in [1.165, 1.54) is 19.3 Å². The molecule has 31 heavy (non-hydrogen) atoms. The molecule has 2 aromatic carbocycles. The van der Waals surface area contributed by atoms with Crippen LogP contribution in [0.25, 0.3) is 0 Å². The van der Waals surface area contributed by atoms with Gasteiger partial charge >= 0.3 is 0 Å². The van der Waals surface area contributed by atoms with Gasteiger partial charge in [-0.1, -0.05) is 49.6 Å². The number of hydrogen-bond acceptors (Lipinski definition) is 4. The molecule has 1 unspecified atom stereocenters. The Balaban J connectivity index is 1.39. The fourth-order valence-corrected chi connectivity index (χ4v) is 4.45. The first-order valence-electron chi connectivity index (χ1n) is 11.3. The minimum atomic E-state index is -0.448. The molecule has 0 bridgehead atoms. The van der Waals surface area contributed by atoms with Crippen LogP contribution in [0, 0.1) is 0 Å². The third-order valence-corrected chi connectivity index (χ3v) is 6.05. The summed E-state index contributed by atoms with van der Waals surface area (Å²) in [5.74, 6) is 1.45. The molecule has 0 spiro atoms. The lowest BCUT2D eigenvalue weighted by atomic mass is 9.95. The fourth-order valence-electron chi connectivity index (χ4n) is 4.45. The van der Waals surface area contributed by atoms with Crippen molar-refractivity contribution in [2.24, 2.45) is 0 Å². The van der Waals surface area contributed by atoms with E-state index in [1.54, 1.807) is 0 Å². The van der Waals surface area contributed by atoms with Gasteiger partial charge in [0, 0.05) is 25.7 Å². The highest BCUT2D eigenvalue weighted by Crippen LogP contribution is 2.24. The Bertz CT molecular complexity index is 881. The van der Waals surface area contributed by atoms with Crippen LogP contribution < -0.4 is 15.4 Å². The van der Waals surface area contributed by atoms with Crippen LogP contribution in [0.1, 0.15) is 44.1 Å². The average molecular weight is 422 g/mol. The highest BCUT2D eigenvalue weighted by molar-refractivity contribution is 5.88. The van der Waals surface area contributed by atoms with Crippen molar-refractivity contribution < 1.29 is 14.3 Å². The van der Waals surface area contributed by atoms with Gasteiger partial charge in [-0.3, -0.25) is 14.5 Å². The zero-order chi connectivity index (χ0) is 21.5. The highest BCUT2D eigenvalue weighted by Gasteiger charge is 2.32. The van der Waals surface area contributed by atoms with Gasteiger partial charge in [-0.05, 0) is 42.7 Å². The van der Waals surface area contributed by atoms with Crippen molar-refractivity contribution in [2.45, 2.75) is 57.2 Å². The van der Waals surface area contributed by atoms with E-state index in [1.807, 2.05) is 54.6 Å². The van der Waals surface area contributed by atoms with E-state index in [9.17, 15) is 9.59 Å². The van der Waals surface area contributed by atoms with Gasteiger partial charge in [0.25, 0.3) is 0 Å². The first-order chi connectivity index (χ1) is 15.2. The van der Waals surface area contributed by atoms with Crippen LogP contribution in [-0.4, -0.2) is 41.9 Å². The molecule has 1 saturated heterocycles. The summed E-state index contributed by atoms with van der Waals surface area (Å²) in [4.78, 5) is 27.3. The van der Waals surface area contributed by atoms with Gasteiger partial charge in [-0.2, -0.15) is 0 Å². The summed E-state index contributed by atoms with van der Waals surface area (Å²) in [6.45, 7) is 1.91. The van der Waals surface area contributed by atoms with Crippen LogP contribution in [-0.2, 0) is 16.1 Å². The lowest BCUT2D eigenvalue weighted by Gasteiger charge is -2.35. The molecule has 164 valence electrons. The van der Waals surface area contributed by atoms with Crippen molar-refractivity contribution in [1.82, 2.24) is 15.5 Å². The molecule has 1 aliphatic heterocycles. The van der Waals surface area contributed by atoms with Gasteiger partial charge in [-0.25, -0.2) is 0 Å². The maximum Gasteiger partial charge on any atom is 0.237 e. The monoisotopic (exact) mass is 421 g/mol. The zero-order valence-electron chi connectivity index (χ0n) is 17.9. The summed E-state index contributed by atoms with van der Waals surface area (Å²) in [5.41, 5.74) is 1.06. The molecule has 6 nitrogen and oxygen atoms in total. The van der Waals surface area contributed by atoms with E-state index in [0.717, 1.165) is 36.4 Å². The summed E-state index contributed by atoms with van der Waals surface area (Å²) in [5, 5.41) is 6.06. The van der Waals surface area contributed by atoms with E-state index in [-0.39, 0.29) is 24.3 Å². The summed E-state index contributed by atoms with van der Waals surface area (Å²) in [6, 6.07) is 17.4. The Kier molecular flexibility index (Phi) is 7.20. The Morgan fingerprint density at radius 3 is 2.61 bits per heavy atom. The minimum Gasteiger partial charge on any atom is -0.457 e. The Hall–Kier alpha value is -2.86. The van der Waals surface area contributed by atoms with E-state index in [2.05, 4.69) is 15.5 Å². The van der Waals surface area contributed by atoms with Gasteiger partial charge in [0.1, 0.15) is 11.5 Å². The van der Waals surface area contributed by atoms with Crippen LogP contribution in [0.15, 0.2) is 54.6 Å². The number of amides is 2. The second-order valence-electron chi connectivity index (χ2n) is 8.45. The normalized spacial score (nSPS) is 20.1. The molecule has 2 aromatic rings. The molecular weight excluding hydrogens is 390 g/mol. The topological polar surface area (TPSA) is 70.7 Å². The number of benzene rings is 2. The molecule has 4 rings (SSSR count). The first kappa shape index (κ1) is 21.4. The largest absolute Gasteiger partial charge is 0.457 e. The van der Waals surface area contributed by atoms with E-state index < -0.39 is 6.04 Å². The molecule has 6 heteroatoms. The first-order valence-corrected chi connectivity index (χ1v) is 11.3. The van der Waals surface area contributed by atoms with E-state index in [0.29, 0.717) is 13.1 Å². The molecule has 1 atom stereocenters. The third kappa shape index (κ3) is 6.07. The number of carbonyl (C=O) groups is 2. The van der Waals surface area contributed by atoms with Crippen LogP contribution in [0.2, 0.25) is 0 Å². The van der Waals surface area contributed by atoms with E-state index >= 15 is 0 Å². The second kappa shape index (κ2) is 10.4. The Morgan fingerprint density at radius 1 is 1.03 bits per heavy atom. The second-order valence-corrected chi connectivity index (χ2v) is 8.45. The molecule has 2 aliphatic rings. The van der Waals surface area contributed by atoms with Gasteiger partial charge in [-0.15, -0.1) is 0 Å². The summed E-state index contributed by atoms with van der Waals surface area (Å²) in [7, 11) is 0. The lowest BCUT2D eigenvalue weighted by molar-refractivity contribution is -0.134. The van der Waals surface area contributed by atoms with Gasteiger partial charge in [0.2, 0.25) is 11.8 Å². The number of rotatable bonds is 7. The zero-order valence-corrected chi connectivity index (χ0v) is 17.9. The third-order valence-electron chi connectivity index (χ3n) is 6.05. The standard InChI is InChI=1S/C25H31N3O3/c29-24(27-20-9-3-1-4-10-20)17-23-25(30)26-14-15-28(23)18-19-8-7-13-22(16-19)31-21-11-5-2-6-12-21/h2,5-8,11-13,16,20,23H,1,3-4,9-10,14-15,17-18H2,(H,26,30)(H,27,29). The number of nitrogens with one attached hydrogen (secondary N) is 2. The Labute approximate surface area is 184 Å². The number of para-hydroxylation sites is 1. The van der Waals surface area contributed by atoms with Crippen molar-refractivity contribution >= 4 is 11.8 Å². The predicted octanol–water partition coefficient (Wildman–Crippen LogP) is 3.62. The van der Waals surface area contributed by atoms with Crippen LogP contribution in [0.4, 0.5) is 0 Å². The van der Waals surface area contributed by atoms with Crippen molar-refractivity contribution in [3.63, 3.8) is 0 Å². The lowest BCUT2D eigenvalue weighted by Crippen LogP contribution is -2.56. The molecule has 1 heterocycles.